The summed E-state index contributed by atoms with van der Waals surface area (Å²) in [6, 6.07) is 25.0. The van der Waals surface area contributed by atoms with Gasteiger partial charge in [0.25, 0.3) is 0 Å². The molecule has 0 spiro atoms. The van der Waals surface area contributed by atoms with Crippen LogP contribution in [0.15, 0.2) is 78.9 Å². The highest BCUT2D eigenvalue weighted by Gasteiger charge is 2.47. The lowest BCUT2D eigenvalue weighted by molar-refractivity contribution is 0.223. The van der Waals surface area contributed by atoms with Gasteiger partial charge in [0.1, 0.15) is 5.75 Å². The standard InChI is InChI=1S/C22H21Cl3O2Si2/c23-28(24,25)15-7-8-18-13-14-22-19(16-18)17-26-29(27-22,20-9-3-1-4-10-20)21-11-5-2-6-12-21/h1-6,9-14,16H,7-8,15,17H2. The molecule has 0 saturated heterocycles. The van der Waals surface area contributed by atoms with Gasteiger partial charge >= 0.3 is 14.6 Å². The van der Waals surface area contributed by atoms with Gasteiger partial charge in [-0.25, -0.2) is 0 Å². The van der Waals surface area contributed by atoms with Gasteiger partial charge in [0.2, 0.25) is 0 Å². The van der Waals surface area contributed by atoms with Crippen LogP contribution in [0.1, 0.15) is 17.5 Å². The fraction of sp³-hybridized carbons (Fsp3) is 0.182. The van der Waals surface area contributed by atoms with E-state index in [4.69, 9.17) is 42.1 Å². The summed E-state index contributed by atoms with van der Waals surface area (Å²) in [6.45, 7) is 0.526. The third-order valence-corrected chi connectivity index (χ3v) is 10.9. The summed E-state index contributed by atoms with van der Waals surface area (Å²) in [5, 5.41) is 2.21. The molecule has 2 nitrogen and oxygen atoms in total. The molecule has 0 fully saturated rings. The highest BCUT2D eigenvalue weighted by atomic mass is 35.8. The smallest absolute Gasteiger partial charge is 0.469 e. The molecule has 0 N–H and O–H groups in total. The molecule has 1 aliphatic rings. The number of benzene rings is 3. The zero-order chi connectivity index (χ0) is 20.3. The Morgan fingerprint density at radius 1 is 0.828 bits per heavy atom. The van der Waals surface area contributed by atoms with E-state index in [0.717, 1.165) is 34.5 Å². The van der Waals surface area contributed by atoms with E-state index in [-0.39, 0.29) is 0 Å². The van der Waals surface area contributed by atoms with Crippen LogP contribution in [0.4, 0.5) is 0 Å². The Morgan fingerprint density at radius 2 is 1.45 bits per heavy atom. The van der Waals surface area contributed by atoms with Gasteiger partial charge in [0.15, 0.2) is 0 Å². The van der Waals surface area contributed by atoms with Crippen molar-refractivity contribution in [3.8, 4) is 5.75 Å². The van der Waals surface area contributed by atoms with E-state index in [9.17, 15) is 0 Å². The summed E-state index contributed by atoms with van der Waals surface area (Å²) in [4.78, 5) is 0. The fourth-order valence-electron chi connectivity index (χ4n) is 3.62. The summed E-state index contributed by atoms with van der Waals surface area (Å²) >= 11 is 18.0. The van der Waals surface area contributed by atoms with Gasteiger partial charge in [0, 0.05) is 15.9 Å². The third-order valence-electron chi connectivity index (χ3n) is 5.04. The van der Waals surface area contributed by atoms with Crippen molar-refractivity contribution >= 4 is 58.2 Å². The zero-order valence-electron chi connectivity index (χ0n) is 15.8. The highest BCUT2D eigenvalue weighted by molar-refractivity contribution is 7.64. The second-order valence-electron chi connectivity index (χ2n) is 7.15. The molecule has 1 aliphatic heterocycles. The molecule has 0 amide bonds. The van der Waals surface area contributed by atoms with E-state index in [0.29, 0.717) is 12.7 Å². The Bertz CT molecular complexity index is 923. The van der Waals surface area contributed by atoms with Crippen LogP contribution in [0, 0.1) is 0 Å². The number of hydrogen-bond donors (Lipinski definition) is 0. The molecule has 0 unspecified atom stereocenters. The summed E-state index contributed by atoms with van der Waals surface area (Å²) < 4.78 is 13.2. The van der Waals surface area contributed by atoms with Crippen LogP contribution >= 0.6 is 33.2 Å². The minimum atomic E-state index is -2.80. The van der Waals surface area contributed by atoms with E-state index in [2.05, 4.69) is 42.5 Å². The average Bonchev–Trinajstić information content (AvgIpc) is 2.74. The zero-order valence-corrected chi connectivity index (χ0v) is 20.1. The number of hydrogen-bond acceptors (Lipinski definition) is 2. The maximum absolute atomic E-state index is 6.67. The van der Waals surface area contributed by atoms with Crippen molar-refractivity contribution in [1.82, 2.24) is 0 Å². The number of aryl methyl sites for hydroxylation is 1. The lowest BCUT2D eigenvalue weighted by Crippen LogP contribution is -2.66. The molecule has 0 bridgehead atoms. The van der Waals surface area contributed by atoms with Crippen molar-refractivity contribution in [3.63, 3.8) is 0 Å². The van der Waals surface area contributed by atoms with Crippen molar-refractivity contribution in [2.45, 2.75) is 25.5 Å². The number of fused-ring (bicyclic) bond motifs is 1. The van der Waals surface area contributed by atoms with Gasteiger partial charge in [-0.2, -0.15) is 0 Å². The number of halogens is 3. The van der Waals surface area contributed by atoms with Gasteiger partial charge in [0.05, 0.1) is 6.61 Å². The summed E-state index contributed by atoms with van der Waals surface area (Å²) in [5.41, 5.74) is 2.29. The second kappa shape index (κ2) is 8.84. The largest absolute Gasteiger partial charge is 0.514 e. The van der Waals surface area contributed by atoms with E-state index in [1.165, 1.54) is 5.56 Å². The van der Waals surface area contributed by atoms with Crippen LogP contribution in [0.5, 0.6) is 5.75 Å². The van der Waals surface area contributed by atoms with Crippen LogP contribution in [0.3, 0.4) is 0 Å². The summed E-state index contributed by atoms with van der Waals surface area (Å²) in [6.07, 6.45) is 1.75. The van der Waals surface area contributed by atoms with Gasteiger partial charge in [-0.05, 0) is 36.6 Å². The molecule has 0 saturated carbocycles. The van der Waals surface area contributed by atoms with Crippen LogP contribution in [0.25, 0.3) is 0 Å². The molecular weight excluding hydrogens is 459 g/mol. The Hall–Kier alpha value is -1.28. The molecule has 0 aliphatic carbocycles. The molecular formula is C22H21Cl3O2Si2. The minimum Gasteiger partial charge on any atom is -0.514 e. The maximum atomic E-state index is 6.67. The summed E-state index contributed by atoms with van der Waals surface area (Å²) in [7, 11) is -2.80. The molecule has 0 atom stereocenters. The van der Waals surface area contributed by atoms with Gasteiger partial charge in [-0.15, -0.1) is 33.2 Å². The molecule has 7 heteroatoms. The number of rotatable bonds is 6. The minimum absolute atomic E-state index is 0.526. The maximum Gasteiger partial charge on any atom is 0.469 e. The third kappa shape index (κ3) is 4.90. The van der Waals surface area contributed by atoms with Crippen LogP contribution in [0.2, 0.25) is 6.04 Å². The molecule has 1 heterocycles. The first kappa shape index (κ1) is 21.0. The lowest BCUT2D eigenvalue weighted by Gasteiger charge is -2.36. The van der Waals surface area contributed by atoms with E-state index in [1.807, 2.05) is 36.4 Å². The van der Waals surface area contributed by atoms with Crippen molar-refractivity contribution in [3.05, 3.63) is 90.0 Å². The predicted octanol–water partition coefficient (Wildman–Crippen LogP) is 5.44. The van der Waals surface area contributed by atoms with Gasteiger partial charge in [-0.3, -0.25) is 0 Å². The Kier molecular flexibility index (Phi) is 6.39. The molecule has 3 aromatic carbocycles. The second-order valence-corrected chi connectivity index (χ2v) is 19.3. The Morgan fingerprint density at radius 3 is 2.03 bits per heavy atom. The predicted molar refractivity (Wildman–Crippen MR) is 126 cm³/mol. The fourth-order valence-corrected chi connectivity index (χ4v) is 8.50. The monoisotopic (exact) mass is 478 g/mol. The van der Waals surface area contributed by atoms with E-state index in [1.54, 1.807) is 0 Å². The first-order valence-electron chi connectivity index (χ1n) is 9.59. The van der Waals surface area contributed by atoms with E-state index >= 15 is 0 Å². The molecule has 150 valence electrons. The van der Waals surface area contributed by atoms with Crippen molar-refractivity contribution < 1.29 is 8.85 Å². The molecule has 3 aromatic rings. The Balaban J connectivity index is 1.62. The van der Waals surface area contributed by atoms with Gasteiger partial charge in [-0.1, -0.05) is 66.7 Å². The lowest BCUT2D eigenvalue weighted by atomic mass is 10.1. The van der Waals surface area contributed by atoms with E-state index < -0.39 is 14.6 Å². The van der Waals surface area contributed by atoms with Crippen molar-refractivity contribution in [2.75, 3.05) is 0 Å². The topological polar surface area (TPSA) is 18.5 Å². The highest BCUT2D eigenvalue weighted by Crippen LogP contribution is 2.32. The molecule has 4 rings (SSSR count). The first-order chi connectivity index (χ1) is 14.0. The molecule has 29 heavy (non-hydrogen) atoms. The van der Waals surface area contributed by atoms with Crippen LogP contribution in [-0.2, 0) is 17.5 Å². The summed E-state index contributed by atoms with van der Waals surface area (Å²) in [5.74, 6) is 0.898. The Labute approximate surface area is 187 Å². The SMILES string of the molecule is Cl[Si](Cl)(Cl)CCCc1ccc2c(c1)CO[Si](c1ccccc1)(c1ccccc1)O2. The molecule has 0 aromatic heterocycles. The quantitative estimate of drug-likeness (QED) is 0.346. The van der Waals surface area contributed by atoms with Gasteiger partial charge < -0.3 is 8.85 Å². The van der Waals surface area contributed by atoms with Crippen molar-refractivity contribution in [1.29, 1.82) is 0 Å². The molecule has 0 radical (unpaired) electrons. The van der Waals surface area contributed by atoms with Crippen molar-refractivity contribution in [2.24, 2.45) is 0 Å². The van der Waals surface area contributed by atoms with Crippen LogP contribution < -0.4 is 14.8 Å². The first-order valence-corrected chi connectivity index (χ1v) is 16.6. The normalized spacial score (nSPS) is 15.4. The average molecular weight is 480 g/mol. The van der Waals surface area contributed by atoms with Crippen LogP contribution in [-0.4, -0.2) is 14.6 Å².